The van der Waals surface area contributed by atoms with Crippen LogP contribution in [0.5, 0.6) is 11.5 Å². The molecule has 1 N–H and O–H groups in total. The Morgan fingerprint density at radius 2 is 1.76 bits per heavy atom. The van der Waals surface area contributed by atoms with Crippen LogP contribution >= 0.6 is 0 Å². The fourth-order valence-electron chi connectivity index (χ4n) is 4.97. The molecule has 192 valence electrons. The van der Waals surface area contributed by atoms with Gasteiger partial charge in [-0.3, -0.25) is 9.69 Å². The molecule has 0 fully saturated rings. The number of aryl methyl sites for hydroxylation is 2. The van der Waals surface area contributed by atoms with E-state index in [4.69, 9.17) is 9.47 Å². The monoisotopic (exact) mass is 508 g/mol. The number of nitrogens with zero attached hydrogens (tertiary/aromatic N) is 5. The van der Waals surface area contributed by atoms with Gasteiger partial charge in [-0.15, -0.1) is 5.10 Å². The molecule has 0 spiro atoms. The normalized spacial score (nSPS) is 12.5. The fourth-order valence-corrected chi connectivity index (χ4v) is 4.97. The third-order valence-corrected chi connectivity index (χ3v) is 6.75. The number of rotatable bonds is 8. The second-order valence-corrected chi connectivity index (χ2v) is 9.74. The van der Waals surface area contributed by atoms with Gasteiger partial charge in [-0.2, -0.15) is 0 Å². The van der Waals surface area contributed by atoms with Gasteiger partial charge in [0.2, 0.25) is 6.79 Å². The van der Waals surface area contributed by atoms with Gasteiger partial charge in [0.1, 0.15) is 0 Å². The van der Waals surface area contributed by atoms with E-state index in [-0.39, 0.29) is 12.4 Å². The molecule has 3 heterocycles. The summed E-state index contributed by atoms with van der Waals surface area (Å²) in [5, 5.41) is 13.5. The zero-order valence-electron chi connectivity index (χ0n) is 21.3. The molecule has 5 aromatic rings. The second-order valence-electron chi connectivity index (χ2n) is 9.74. The van der Waals surface area contributed by atoms with Crippen molar-refractivity contribution in [1.29, 1.82) is 0 Å². The molecule has 0 radical (unpaired) electrons. The first-order chi connectivity index (χ1) is 18.5. The first-order valence-electron chi connectivity index (χ1n) is 12.5. The number of pyridine rings is 1. The Balaban J connectivity index is 1.32. The highest BCUT2D eigenvalue weighted by molar-refractivity contribution is 5.82. The number of aromatic amines is 1. The second kappa shape index (κ2) is 10.1. The number of benzene rings is 3. The zero-order valence-corrected chi connectivity index (χ0v) is 21.3. The maximum Gasteiger partial charge on any atom is 0.252 e. The Labute approximate surface area is 219 Å². The van der Waals surface area contributed by atoms with Crippen molar-refractivity contribution in [3.63, 3.8) is 0 Å². The van der Waals surface area contributed by atoms with Crippen LogP contribution in [-0.2, 0) is 26.2 Å². The van der Waals surface area contributed by atoms with E-state index in [0.29, 0.717) is 31.7 Å². The lowest BCUT2D eigenvalue weighted by molar-refractivity contribution is 0.174. The molecule has 0 unspecified atom stereocenters. The average molecular weight is 509 g/mol. The summed E-state index contributed by atoms with van der Waals surface area (Å²) in [7, 11) is 0. The summed E-state index contributed by atoms with van der Waals surface area (Å²) < 4.78 is 12.9. The van der Waals surface area contributed by atoms with Crippen LogP contribution in [0.1, 0.15) is 33.6 Å². The highest BCUT2D eigenvalue weighted by atomic mass is 16.7. The molecule has 1 aliphatic rings. The van der Waals surface area contributed by atoms with Crippen molar-refractivity contribution in [3.8, 4) is 11.5 Å². The molecule has 0 atom stereocenters. The average Bonchev–Trinajstić information content (AvgIpc) is 3.54. The highest BCUT2D eigenvalue weighted by Crippen LogP contribution is 2.33. The summed E-state index contributed by atoms with van der Waals surface area (Å²) in [6, 6.07) is 22.2. The van der Waals surface area contributed by atoms with E-state index >= 15 is 0 Å². The minimum absolute atomic E-state index is 0.0935. The van der Waals surface area contributed by atoms with Gasteiger partial charge < -0.3 is 14.5 Å². The quantitative estimate of drug-likeness (QED) is 0.337. The smallest absolute Gasteiger partial charge is 0.252 e. The number of nitrogens with one attached hydrogen (secondary N) is 1. The Bertz CT molecular complexity index is 1660. The van der Waals surface area contributed by atoms with Crippen LogP contribution in [0.4, 0.5) is 0 Å². The van der Waals surface area contributed by atoms with E-state index in [9.17, 15) is 4.79 Å². The summed E-state index contributed by atoms with van der Waals surface area (Å²) in [5.41, 5.74) is 5.83. The molecular weight excluding hydrogens is 480 g/mol. The van der Waals surface area contributed by atoms with Crippen LogP contribution in [0.15, 0.2) is 71.5 Å². The summed E-state index contributed by atoms with van der Waals surface area (Å²) in [4.78, 5) is 18.4. The number of fused-ring (bicyclic) bond motifs is 2. The van der Waals surface area contributed by atoms with Gasteiger partial charge in [0.05, 0.1) is 18.6 Å². The topological polar surface area (TPSA) is 98.2 Å². The van der Waals surface area contributed by atoms with E-state index in [1.807, 2.05) is 49.4 Å². The van der Waals surface area contributed by atoms with Crippen LogP contribution < -0.4 is 15.0 Å². The minimum atomic E-state index is -0.0935. The van der Waals surface area contributed by atoms with Crippen LogP contribution in [0.2, 0.25) is 0 Å². The maximum absolute atomic E-state index is 13.2. The SMILES string of the molecule is Cc1cc(C)c2[nH]c(=O)c(CN(Cc3ccc4c(c3)OCO4)Cc3nnnn3Cc3ccccc3)cc2c1. The molecule has 6 rings (SSSR count). The molecule has 2 aromatic heterocycles. The third-order valence-electron chi connectivity index (χ3n) is 6.75. The van der Waals surface area contributed by atoms with Gasteiger partial charge in [-0.1, -0.05) is 48.0 Å². The van der Waals surface area contributed by atoms with Crippen molar-refractivity contribution in [1.82, 2.24) is 30.1 Å². The zero-order chi connectivity index (χ0) is 26.1. The lowest BCUT2D eigenvalue weighted by Crippen LogP contribution is -2.28. The number of H-pyrrole nitrogens is 1. The van der Waals surface area contributed by atoms with Crippen molar-refractivity contribution in [2.24, 2.45) is 0 Å². The summed E-state index contributed by atoms with van der Waals surface area (Å²) in [6.45, 7) is 6.32. The van der Waals surface area contributed by atoms with E-state index in [1.54, 1.807) is 4.68 Å². The van der Waals surface area contributed by atoms with Gasteiger partial charge in [0.15, 0.2) is 17.3 Å². The van der Waals surface area contributed by atoms with Crippen LogP contribution in [0.3, 0.4) is 0 Å². The van der Waals surface area contributed by atoms with Crippen LogP contribution in [0, 0.1) is 13.8 Å². The molecular formula is C29H28N6O3. The maximum atomic E-state index is 13.2. The predicted octanol–water partition coefficient (Wildman–Crippen LogP) is 4.11. The minimum Gasteiger partial charge on any atom is -0.454 e. The van der Waals surface area contributed by atoms with E-state index < -0.39 is 0 Å². The number of hydrogen-bond donors (Lipinski definition) is 1. The lowest BCUT2D eigenvalue weighted by Gasteiger charge is -2.22. The first kappa shape index (κ1) is 23.9. The molecule has 0 bridgehead atoms. The number of aromatic nitrogens is 5. The van der Waals surface area contributed by atoms with Crippen LogP contribution in [-0.4, -0.2) is 36.9 Å². The van der Waals surface area contributed by atoms with Crippen molar-refractivity contribution < 1.29 is 9.47 Å². The lowest BCUT2D eigenvalue weighted by atomic mass is 10.0. The highest BCUT2D eigenvalue weighted by Gasteiger charge is 2.19. The Morgan fingerprint density at radius 1 is 0.921 bits per heavy atom. The van der Waals surface area contributed by atoms with Crippen molar-refractivity contribution >= 4 is 10.9 Å². The molecule has 0 saturated carbocycles. The number of hydrogen-bond acceptors (Lipinski definition) is 7. The van der Waals surface area contributed by atoms with E-state index in [2.05, 4.69) is 56.6 Å². The third kappa shape index (κ3) is 5.01. The van der Waals surface area contributed by atoms with Gasteiger partial charge >= 0.3 is 0 Å². The number of ether oxygens (including phenoxy) is 2. The molecule has 0 saturated heterocycles. The Morgan fingerprint density at radius 3 is 2.63 bits per heavy atom. The van der Waals surface area contributed by atoms with Crippen LogP contribution in [0.25, 0.3) is 10.9 Å². The Kier molecular flexibility index (Phi) is 6.35. The van der Waals surface area contributed by atoms with Gasteiger partial charge in [-0.05, 0) is 70.6 Å². The molecule has 0 aliphatic carbocycles. The number of tetrazole rings is 1. The fraction of sp³-hybridized carbons (Fsp3) is 0.241. The van der Waals surface area contributed by atoms with Crippen molar-refractivity contribution in [2.45, 2.75) is 40.0 Å². The van der Waals surface area contributed by atoms with Gasteiger partial charge in [0.25, 0.3) is 5.56 Å². The standard InChI is InChI=1S/C29H28N6O3/c1-19-10-20(2)28-23(11-19)13-24(29(36)30-28)16-34(14-22-8-9-25-26(12-22)38-18-37-25)17-27-31-32-33-35(27)15-21-6-4-3-5-7-21/h3-13H,14-18H2,1-2H3,(H,30,36). The van der Waals surface area contributed by atoms with Crippen molar-refractivity contribution in [3.05, 3.63) is 111 Å². The predicted molar refractivity (Wildman–Crippen MR) is 143 cm³/mol. The molecule has 38 heavy (non-hydrogen) atoms. The molecule has 1 aliphatic heterocycles. The molecule has 9 nitrogen and oxygen atoms in total. The largest absolute Gasteiger partial charge is 0.454 e. The van der Waals surface area contributed by atoms with E-state index in [0.717, 1.165) is 50.5 Å². The Hall–Kier alpha value is -4.50. The molecule has 9 heteroatoms. The summed E-state index contributed by atoms with van der Waals surface area (Å²) >= 11 is 0. The first-order valence-corrected chi connectivity index (χ1v) is 12.5. The van der Waals surface area contributed by atoms with Gasteiger partial charge in [-0.25, -0.2) is 4.68 Å². The molecule has 3 aromatic carbocycles. The van der Waals surface area contributed by atoms with E-state index in [1.165, 1.54) is 0 Å². The molecule has 0 amide bonds. The van der Waals surface area contributed by atoms with Gasteiger partial charge in [0, 0.05) is 18.7 Å². The van der Waals surface area contributed by atoms with Crippen molar-refractivity contribution in [2.75, 3.05) is 6.79 Å². The summed E-state index contributed by atoms with van der Waals surface area (Å²) in [6.07, 6.45) is 0. The summed E-state index contributed by atoms with van der Waals surface area (Å²) in [5.74, 6) is 2.19.